The lowest BCUT2D eigenvalue weighted by Gasteiger charge is -2.63. The molecule has 0 bridgehead atoms. The summed E-state index contributed by atoms with van der Waals surface area (Å²) in [5, 5.41) is 15.5. The van der Waals surface area contributed by atoms with Gasteiger partial charge in [-0.2, -0.15) is 0 Å². The molecular weight excluding hydrogens is 785 g/mol. The van der Waals surface area contributed by atoms with Gasteiger partial charge < -0.3 is 21.3 Å². The molecule has 19 rings (SSSR count). The molecule has 0 spiro atoms. The molecule has 8 heteroatoms. The van der Waals surface area contributed by atoms with Gasteiger partial charge in [-0.05, 0) is 161 Å². The summed E-state index contributed by atoms with van der Waals surface area (Å²) in [4.78, 5) is 12.3. The molecule has 2 aromatic carbocycles. The molecule has 3 heterocycles. The lowest BCUT2D eigenvalue weighted by Crippen LogP contribution is -2.66. The van der Waals surface area contributed by atoms with Gasteiger partial charge in [0.25, 0.3) is 0 Å². The van der Waals surface area contributed by atoms with Crippen molar-refractivity contribution in [2.24, 2.45) is 11.8 Å². The predicted molar refractivity (Wildman–Crippen MR) is 249 cm³/mol. The second-order valence-electron chi connectivity index (χ2n) is 22.6. The summed E-state index contributed by atoms with van der Waals surface area (Å²) in [7, 11) is 2.58. The largest absolute Gasteiger partial charge is 0.316 e. The molecule has 64 heavy (non-hydrogen) atoms. The van der Waals surface area contributed by atoms with Gasteiger partial charge in [-0.15, -0.1) is 0 Å². The topological polar surface area (TPSA) is 61.1 Å². The minimum atomic E-state index is -0.313. The van der Waals surface area contributed by atoms with Crippen molar-refractivity contribution >= 4 is 11.1 Å². The lowest BCUT2D eigenvalue weighted by atomic mass is 9.51. The number of piperazine rings is 3. The molecule has 8 atom stereocenters. The van der Waals surface area contributed by atoms with Gasteiger partial charge in [0.05, 0.1) is 16.6 Å². The fraction of sp³-hybridized carbons (Fsp3) is 0.500. The Hall–Kier alpha value is -3.96. The summed E-state index contributed by atoms with van der Waals surface area (Å²) in [6, 6.07) is 10.9. The number of nitrogens with zero attached hydrogens (tertiary/aromatic N) is 4. The normalized spacial score (nSPS) is 40.4. The SMILES string of the molecule is CCNCCN(C)[C@]12C3=C4C5=C6C1=C1C7=C6[C@@]6(N8CCNCC8)C8=C5C5CC=C8c8ccc9c(c86)[C@@]7(N6CCNCC6)C6=C7C(CCC69)c6ccc(c2c6[C@@]17N1CCNCC1)C3=CC45. The van der Waals surface area contributed by atoms with Crippen molar-refractivity contribution < 1.29 is 0 Å². The van der Waals surface area contributed by atoms with Crippen molar-refractivity contribution in [3.63, 3.8) is 0 Å². The number of hydrogen-bond donors (Lipinski definition) is 4. The second kappa shape index (κ2) is 10.4. The minimum Gasteiger partial charge on any atom is -0.316 e. The van der Waals surface area contributed by atoms with E-state index in [1.165, 1.54) is 12.8 Å². The summed E-state index contributed by atoms with van der Waals surface area (Å²) in [5.74, 6) is 1.86. The number of rotatable bonds is 8. The summed E-state index contributed by atoms with van der Waals surface area (Å²) >= 11 is 0. The first kappa shape index (κ1) is 34.4. The zero-order chi connectivity index (χ0) is 41.1. The van der Waals surface area contributed by atoms with Crippen molar-refractivity contribution in [1.82, 2.24) is 40.9 Å². The fourth-order valence-corrected chi connectivity index (χ4v) is 20.1. The molecule has 4 N–H and O–H groups in total. The summed E-state index contributed by atoms with van der Waals surface area (Å²) in [6.45, 7) is 18.3. The highest BCUT2D eigenvalue weighted by Gasteiger charge is 2.82. The summed E-state index contributed by atoms with van der Waals surface area (Å²) < 4.78 is 0. The Morgan fingerprint density at radius 1 is 0.625 bits per heavy atom. The highest BCUT2D eigenvalue weighted by atomic mass is 15.3. The van der Waals surface area contributed by atoms with Crippen LogP contribution in [0.5, 0.6) is 0 Å². The van der Waals surface area contributed by atoms with Crippen LogP contribution in [0.15, 0.2) is 103 Å². The second-order valence-corrected chi connectivity index (χ2v) is 22.6. The molecule has 2 aromatic rings. The Labute approximate surface area is 375 Å². The third-order valence-corrected chi connectivity index (χ3v) is 21.3. The molecule has 17 aliphatic rings. The van der Waals surface area contributed by atoms with E-state index in [2.05, 4.69) is 91.3 Å². The number of likely N-dealkylation sites (N-methyl/N-ethyl adjacent to an activating group) is 2. The van der Waals surface area contributed by atoms with E-state index in [1.54, 1.807) is 100 Å². The van der Waals surface area contributed by atoms with E-state index in [1.807, 2.05) is 22.3 Å². The molecule has 3 aliphatic heterocycles. The van der Waals surface area contributed by atoms with E-state index < -0.39 is 0 Å². The van der Waals surface area contributed by atoms with Crippen LogP contribution in [0.2, 0.25) is 0 Å². The van der Waals surface area contributed by atoms with E-state index in [9.17, 15) is 0 Å². The molecule has 0 amide bonds. The molecule has 1 saturated carbocycles. The van der Waals surface area contributed by atoms with Crippen LogP contribution in [0.1, 0.15) is 82.5 Å². The molecular formula is C56H56N8. The average Bonchev–Trinajstić information content (AvgIpc) is 4.20. The van der Waals surface area contributed by atoms with Crippen LogP contribution in [0, 0.1) is 11.8 Å². The van der Waals surface area contributed by atoms with Crippen LogP contribution in [0.3, 0.4) is 0 Å². The highest BCUT2D eigenvalue weighted by Crippen LogP contribution is 2.89. The van der Waals surface area contributed by atoms with Gasteiger partial charge >= 0.3 is 0 Å². The maximum atomic E-state index is 3.90. The van der Waals surface area contributed by atoms with E-state index in [-0.39, 0.29) is 22.2 Å². The first-order valence-corrected chi connectivity index (χ1v) is 25.8. The first-order chi connectivity index (χ1) is 31.7. The van der Waals surface area contributed by atoms with E-state index in [0.717, 1.165) is 105 Å². The maximum Gasteiger partial charge on any atom is 0.100 e. The van der Waals surface area contributed by atoms with Gasteiger partial charge in [0.2, 0.25) is 0 Å². The molecule has 320 valence electrons. The van der Waals surface area contributed by atoms with Crippen molar-refractivity contribution in [3.8, 4) is 0 Å². The number of nitrogens with one attached hydrogen (secondary N) is 4. The van der Waals surface area contributed by atoms with Crippen LogP contribution >= 0.6 is 0 Å². The van der Waals surface area contributed by atoms with Crippen LogP contribution in [-0.2, 0) is 22.2 Å². The predicted octanol–water partition coefficient (Wildman–Crippen LogP) is 4.73. The monoisotopic (exact) mass is 840 g/mol. The molecule has 14 aliphatic carbocycles. The minimum absolute atomic E-state index is 0.254. The average molecular weight is 841 g/mol. The zero-order valence-electron chi connectivity index (χ0n) is 37.3. The number of benzene rings is 2. The van der Waals surface area contributed by atoms with E-state index in [0.29, 0.717) is 23.7 Å². The lowest BCUT2D eigenvalue weighted by molar-refractivity contribution is 0.0734. The third-order valence-electron chi connectivity index (χ3n) is 21.3. The Morgan fingerprint density at radius 2 is 1.22 bits per heavy atom. The molecule has 3 saturated heterocycles. The van der Waals surface area contributed by atoms with E-state index >= 15 is 0 Å². The molecule has 0 radical (unpaired) electrons. The van der Waals surface area contributed by atoms with Crippen LogP contribution < -0.4 is 21.3 Å². The highest BCUT2D eigenvalue weighted by molar-refractivity contribution is 6.11. The third kappa shape index (κ3) is 2.86. The Kier molecular flexibility index (Phi) is 5.60. The quantitative estimate of drug-likeness (QED) is 0.225. The molecule has 8 nitrogen and oxygen atoms in total. The van der Waals surface area contributed by atoms with Crippen molar-refractivity contribution in [2.45, 2.75) is 60.2 Å². The van der Waals surface area contributed by atoms with Crippen molar-refractivity contribution in [2.75, 3.05) is 105 Å². The van der Waals surface area contributed by atoms with Crippen LogP contribution in [0.4, 0.5) is 0 Å². The van der Waals surface area contributed by atoms with Crippen molar-refractivity contribution in [1.29, 1.82) is 0 Å². The molecule has 4 fully saturated rings. The number of fused-ring (bicyclic) bond motifs is 5. The fourth-order valence-electron chi connectivity index (χ4n) is 20.1. The van der Waals surface area contributed by atoms with Crippen LogP contribution in [0.25, 0.3) is 11.1 Å². The summed E-state index contributed by atoms with van der Waals surface area (Å²) in [6.07, 6.45) is 9.35. The van der Waals surface area contributed by atoms with Gasteiger partial charge in [0.15, 0.2) is 0 Å². The van der Waals surface area contributed by atoms with Gasteiger partial charge in [0, 0.05) is 109 Å². The van der Waals surface area contributed by atoms with Gasteiger partial charge in [0.1, 0.15) is 5.54 Å². The Balaban J connectivity index is 1.11. The Morgan fingerprint density at radius 3 is 1.86 bits per heavy atom. The number of allylic oxidation sites excluding steroid dienone is 5. The summed E-state index contributed by atoms with van der Waals surface area (Å²) in [5.41, 5.74) is 37.2. The standard InChI is InChI=1S/C56H56N8/c1-3-57-12-19-61(2)53-42-36-26-35-27-4-5-28-29-6-7-32-33-9-8-31-30-10-11-34(36)43(53)44(30)55(63-22-15-59-16-23-63)47(31)48(33)56(64-24-17-60-18-25-64)46(32)45(29)54(62-20-13-58-14-21-62)41(28)37(27)39(38(35)42)40-49(53)51(55)52(56)50(40)54/h5-7,10-11,26-27,31,33,35,57-60H,3-4,8-9,12-25H2,1-2H3/t27?,31?,33?,35?,53-,54+,55-,56+/m0/s1. The smallest absolute Gasteiger partial charge is 0.100 e. The first-order valence-electron chi connectivity index (χ1n) is 25.8. The zero-order valence-corrected chi connectivity index (χ0v) is 37.3. The van der Waals surface area contributed by atoms with Gasteiger partial charge in [-0.3, -0.25) is 19.6 Å². The molecule has 4 unspecified atom stereocenters. The number of hydrogen-bond acceptors (Lipinski definition) is 8. The maximum absolute atomic E-state index is 3.90. The van der Waals surface area contributed by atoms with Gasteiger partial charge in [-0.25, -0.2) is 0 Å². The van der Waals surface area contributed by atoms with Gasteiger partial charge in [-0.1, -0.05) is 43.3 Å². The molecule has 0 aromatic heterocycles. The van der Waals surface area contributed by atoms with Crippen molar-refractivity contribution in [3.05, 3.63) is 148 Å². The van der Waals surface area contributed by atoms with E-state index in [4.69, 9.17) is 0 Å². The Bertz CT molecular complexity index is 3110. The van der Waals surface area contributed by atoms with Crippen LogP contribution in [-0.4, -0.2) is 125 Å².